The summed E-state index contributed by atoms with van der Waals surface area (Å²) in [4.78, 5) is 27.4. The molecule has 0 bridgehead atoms. The third-order valence-electron chi connectivity index (χ3n) is 3.16. The summed E-state index contributed by atoms with van der Waals surface area (Å²) in [5.74, 6) is 0.202. The fraction of sp³-hybridized carbons (Fsp3) is 0.857. The van der Waals surface area contributed by atoms with E-state index in [1.807, 2.05) is 19.0 Å². The first-order chi connectivity index (χ1) is 9.04. The molecule has 0 N–H and O–H groups in total. The third-order valence-corrected chi connectivity index (χ3v) is 3.16. The van der Waals surface area contributed by atoms with Crippen molar-refractivity contribution in [2.75, 3.05) is 40.3 Å². The first kappa shape index (κ1) is 16.0. The van der Waals surface area contributed by atoms with E-state index in [1.165, 1.54) is 0 Å². The van der Waals surface area contributed by atoms with Crippen molar-refractivity contribution in [3.63, 3.8) is 0 Å². The molecule has 1 rings (SSSR count). The normalized spacial score (nSPS) is 14.5. The van der Waals surface area contributed by atoms with Crippen molar-refractivity contribution in [1.82, 2.24) is 9.80 Å². The Balaban J connectivity index is 2.35. The fourth-order valence-corrected chi connectivity index (χ4v) is 1.96. The molecule has 0 heterocycles. The molecule has 1 aliphatic rings. The minimum Gasteiger partial charge on any atom is -0.466 e. The molecule has 1 aliphatic carbocycles. The molecular formula is C14H26N2O3. The maximum absolute atomic E-state index is 12.1. The van der Waals surface area contributed by atoms with Gasteiger partial charge in [0.1, 0.15) is 0 Å². The zero-order valence-electron chi connectivity index (χ0n) is 12.4. The molecular weight excluding hydrogens is 244 g/mol. The van der Waals surface area contributed by atoms with E-state index in [-0.39, 0.29) is 17.8 Å². The molecule has 110 valence electrons. The van der Waals surface area contributed by atoms with Crippen LogP contribution in [0.4, 0.5) is 0 Å². The van der Waals surface area contributed by atoms with Gasteiger partial charge in [0.25, 0.3) is 0 Å². The lowest BCUT2D eigenvalue weighted by molar-refractivity contribution is -0.144. The molecule has 0 aromatic carbocycles. The smallest absolute Gasteiger partial charge is 0.307 e. The second kappa shape index (κ2) is 8.15. The van der Waals surface area contributed by atoms with Crippen molar-refractivity contribution >= 4 is 11.9 Å². The quantitative estimate of drug-likeness (QED) is 0.589. The van der Waals surface area contributed by atoms with Gasteiger partial charge >= 0.3 is 5.97 Å². The molecule has 0 atom stereocenters. The van der Waals surface area contributed by atoms with Crippen LogP contribution >= 0.6 is 0 Å². The predicted molar refractivity (Wildman–Crippen MR) is 73.7 cm³/mol. The van der Waals surface area contributed by atoms with Gasteiger partial charge in [0.2, 0.25) is 5.91 Å². The molecule has 1 saturated carbocycles. The van der Waals surface area contributed by atoms with E-state index < -0.39 is 0 Å². The van der Waals surface area contributed by atoms with Crippen molar-refractivity contribution in [3.05, 3.63) is 0 Å². The average Bonchev–Trinajstić information content (AvgIpc) is 3.16. The number of carbonyl (C=O) groups excluding carboxylic acids is 2. The van der Waals surface area contributed by atoms with Crippen LogP contribution in [0.2, 0.25) is 0 Å². The Kier molecular flexibility index (Phi) is 6.84. The van der Waals surface area contributed by atoms with Crippen LogP contribution in [0, 0.1) is 5.92 Å². The Morgan fingerprint density at radius 3 is 2.37 bits per heavy atom. The highest BCUT2D eigenvalue weighted by Gasteiger charge is 2.33. The van der Waals surface area contributed by atoms with Gasteiger partial charge in [-0.1, -0.05) is 0 Å². The van der Waals surface area contributed by atoms with Crippen molar-refractivity contribution < 1.29 is 14.3 Å². The molecule has 0 aromatic rings. The Hall–Kier alpha value is -1.10. The van der Waals surface area contributed by atoms with Crippen LogP contribution in [0.1, 0.15) is 32.6 Å². The predicted octanol–water partition coefficient (Wildman–Crippen LogP) is 1.13. The highest BCUT2D eigenvalue weighted by atomic mass is 16.5. The standard InChI is InChI=1S/C14H26N2O3/c1-4-19-13(17)8-11-16(10-5-9-15(2)3)14(18)12-6-7-12/h12H,4-11H2,1-3H3. The second-order valence-electron chi connectivity index (χ2n) is 5.31. The molecule has 1 fully saturated rings. The number of carbonyl (C=O) groups is 2. The van der Waals surface area contributed by atoms with E-state index in [0.717, 1.165) is 32.4 Å². The lowest BCUT2D eigenvalue weighted by Gasteiger charge is -2.23. The monoisotopic (exact) mass is 270 g/mol. The molecule has 0 aliphatic heterocycles. The number of hydrogen-bond acceptors (Lipinski definition) is 4. The van der Waals surface area contributed by atoms with E-state index in [0.29, 0.717) is 19.6 Å². The fourth-order valence-electron chi connectivity index (χ4n) is 1.96. The van der Waals surface area contributed by atoms with E-state index in [2.05, 4.69) is 4.90 Å². The third kappa shape index (κ3) is 6.57. The first-order valence-corrected chi connectivity index (χ1v) is 7.13. The van der Waals surface area contributed by atoms with Crippen molar-refractivity contribution in [3.8, 4) is 0 Å². The maximum atomic E-state index is 12.1. The summed E-state index contributed by atoms with van der Waals surface area (Å²) in [6.07, 6.45) is 3.24. The van der Waals surface area contributed by atoms with Crippen LogP contribution in [0.5, 0.6) is 0 Å². The zero-order chi connectivity index (χ0) is 14.3. The molecule has 1 amide bonds. The van der Waals surface area contributed by atoms with Gasteiger partial charge in [0.15, 0.2) is 0 Å². The number of hydrogen-bond donors (Lipinski definition) is 0. The zero-order valence-corrected chi connectivity index (χ0v) is 12.4. The largest absolute Gasteiger partial charge is 0.466 e. The second-order valence-corrected chi connectivity index (χ2v) is 5.31. The topological polar surface area (TPSA) is 49.9 Å². The molecule has 5 nitrogen and oxygen atoms in total. The van der Waals surface area contributed by atoms with Crippen LogP contribution in [0.3, 0.4) is 0 Å². The van der Waals surface area contributed by atoms with Gasteiger partial charge in [0, 0.05) is 19.0 Å². The van der Waals surface area contributed by atoms with Gasteiger partial charge in [-0.2, -0.15) is 0 Å². The maximum Gasteiger partial charge on any atom is 0.307 e. The van der Waals surface area contributed by atoms with Gasteiger partial charge in [-0.05, 0) is 46.8 Å². The SMILES string of the molecule is CCOC(=O)CCN(CCCN(C)C)C(=O)C1CC1. The summed E-state index contributed by atoms with van der Waals surface area (Å²) in [7, 11) is 4.04. The van der Waals surface area contributed by atoms with Crippen molar-refractivity contribution in [2.24, 2.45) is 5.92 Å². The lowest BCUT2D eigenvalue weighted by Crippen LogP contribution is -2.36. The number of amides is 1. The minimum absolute atomic E-state index is 0.210. The van der Waals surface area contributed by atoms with Gasteiger partial charge in [-0.3, -0.25) is 9.59 Å². The van der Waals surface area contributed by atoms with Gasteiger partial charge in [0.05, 0.1) is 13.0 Å². The van der Waals surface area contributed by atoms with Crippen LogP contribution in [0.15, 0.2) is 0 Å². The molecule has 5 heteroatoms. The van der Waals surface area contributed by atoms with E-state index in [4.69, 9.17) is 4.74 Å². The average molecular weight is 270 g/mol. The summed E-state index contributed by atoms with van der Waals surface area (Å²) >= 11 is 0. The summed E-state index contributed by atoms with van der Waals surface area (Å²) in [6, 6.07) is 0. The highest BCUT2D eigenvalue weighted by Crippen LogP contribution is 2.31. The highest BCUT2D eigenvalue weighted by molar-refractivity contribution is 5.81. The number of rotatable bonds is 9. The Morgan fingerprint density at radius 1 is 1.16 bits per heavy atom. The van der Waals surface area contributed by atoms with E-state index >= 15 is 0 Å². The minimum atomic E-state index is -0.219. The van der Waals surface area contributed by atoms with Crippen LogP contribution < -0.4 is 0 Å². The summed E-state index contributed by atoms with van der Waals surface area (Å²) in [6.45, 7) is 4.36. The van der Waals surface area contributed by atoms with Gasteiger partial charge in [-0.15, -0.1) is 0 Å². The summed E-state index contributed by atoms with van der Waals surface area (Å²) in [5, 5.41) is 0. The number of esters is 1. The van der Waals surface area contributed by atoms with Crippen LogP contribution in [0.25, 0.3) is 0 Å². The number of ether oxygens (including phenoxy) is 1. The van der Waals surface area contributed by atoms with Gasteiger partial charge < -0.3 is 14.5 Å². The molecule has 0 unspecified atom stereocenters. The molecule has 0 radical (unpaired) electrons. The Labute approximate surface area is 115 Å². The van der Waals surface area contributed by atoms with Gasteiger partial charge in [-0.25, -0.2) is 0 Å². The first-order valence-electron chi connectivity index (χ1n) is 7.13. The number of nitrogens with zero attached hydrogens (tertiary/aromatic N) is 2. The lowest BCUT2D eigenvalue weighted by atomic mass is 10.2. The van der Waals surface area contributed by atoms with E-state index in [9.17, 15) is 9.59 Å². The molecule has 0 spiro atoms. The van der Waals surface area contributed by atoms with Crippen molar-refractivity contribution in [1.29, 1.82) is 0 Å². The molecule has 0 aromatic heterocycles. The summed E-state index contributed by atoms with van der Waals surface area (Å²) < 4.78 is 4.91. The molecule has 19 heavy (non-hydrogen) atoms. The Bertz CT molecular complexity index is 301. The summed E-state index contributed by atoms with van der Waals surface area (Å²) in [5.41, 5.74) is 0. The molecule has 0 saturated heterocycles. The van der Waals surface area contributed by atoms with Crippen LogP contribution in [-0.4, -0.2) is 62.0 Å². The van der Waals surface area contributed by atoms with Crippen molar-refractivity contribution in [2.45, 2.75) is 32.6 Å². The van der Waals surface area contributed by atoms with E-state index in [1.54, 1.807) is 6.92 Å². The Morgan fingerprint density at radius 2 is 1.84 bits per heavy atom. The van der Waals surface area contributed by atoms with Crippen LogP contribution in [-0.2, 0) is 14.3 Å².